The normalized spacial score (nSPS) is 11.2. The number of esters is 1. The molecule has 1 N–H and O–H groups in total. The third kappa shape index (κ3) is 2.25. The van der Waals surface area contributed by atoms with Gasteiger partial charge in [-0.05, 0) is 24.3 Å². The maximum Gasteiger partial charge on any atom is 0.374 e. The molecule has 0 atom stereocenters. The van der Waals surface area contributed by atoms with Gasteiger partial charge in [-0.1, -0.05) is 0 Å². The second-order valence-corrected chi connectivity index (χ2v) is 5.82. The summed E-state index contributed by atoms with van der Waals surface area (Å²) in [4.78, 5) is 22.9. The van der Waals surface area contributed by atoms with Gasteiger partial charge in [0.15, 0.2) is 0 Å². The van der Waals surface area contributed by atoms with E-state index >= 15 is 0 Å². The molecule has 1 aromatic carbocycles. The number of rotatable bonds is 2. The number of pyridine rings is 1. The lowest BCUT2D eigenvalue weighted by atomic mass is 10.1. The monoisotopic (exact) mass is 419 g/mol. The SMILES string of the molecule is COC(=O)c1nc2cc3c(-c4ccncc4)nn(I)c3cc2[nH]1. The lowest BCUT2D eigenvalue weighted by Gasteiger charge is -1.96. The summed E-state index contributed by atoms with van der Waals surface area (Å²) in [6.07, 6.45) is 3.46. The van der Waals surface area contributed by atoms with Crippen LogP contribution in [0, 0.1) is 0 Å². The fourth-order valence-corrected chi connectivity index (χ4v) is 3.11. The van der Waals surface area contributed by atoms with E-state index in [1.165, 1.54) is 7.11 Å². The zero-order valence-electron chi connectivity index (χ0n) is 11.9. The molecular formula is C15H10IN5O2. The summed E-state index contributed by atoms with van der Waals surface area (Å²) in [6.45, 7) is 0. The van der Waals surface area contributed by atoms with Gasteiger partial charge in [0, 0.05) is 23.3 Å². The Morgan fingerprint density at radius 1 is 1.30 bits per heavy atom. The van der Waals surface area contributed by atoms with E-state index in [-0.39, 0.29) is 5.82 Å². The molecule has 0 fully saturated rings. The Hall–Kier alpha value is -2.49. The zero-order valence-corrected chi connectivity index (χ0v) is 14.1. The van der Waals surface area contributed by atoms with E-state index in [1.54, 1.807) is 15.3 Å². The van der Waals surface area contributed by atoms with Gasteiger partial charge in [-0.15, -0.1) is 0 Å². The van der Waals surface area contributed by atoms with E-state index in [1.807, 2.05) is 24.3 Å². The minimum Gasteiger partial charge on any atom is -0.463 e. The predicted octanol–water partition coefficient (Wildman–Crippen LogP) is 2.96. The number of aromatic nitrogens is 5. The molecule has 4 rings (SSSR count). The van der Waals surface area contributed by atoms with Gasteiger partial charge in [0.25, 0.3) is 0 Å². The van der Waals surface area contributed by atoms with E-state index < -0.39 is 5.97 Å². The first-order chi connectivity index (χ1) is 11.2. The Kier molecular flexibility index (Phi) is 3.26. The quantitative estimate of drug-likeness (QED) is 0.399. The van der Waals surface area contributed by atoms with Gasteiger partial charge in [-0.3, -0.25) is 4.98 Å². The molecule has 0 unspecified atom stereocenters. The number of nitrogens with one attached hydrogen (secondary N) is 1. The number of benzene rings is 1. The summed E-state index contributed by atoms with van der Waals surface area (Å²) in [6, 6.07) is 7.67. The van der Waals surface area contributed by atoms with E-state index in [4.69, 9.17) is 4.74 Å². The minimum atomic E-state index is -0.490. The molecule has 8 heteroatoms. The van der Waals surface area contributed by atoms with Gasteiger partial charge in [0.2, 0.25) is 5.82 Å². The molecule has 114 valence electrons. The summed E-state index contributed by atoms with van der Waals surface area (Å²) in [5, 5.41) is 5.54. The highest BCUT2D eigenvalue weighted by molar-refractivity contribution is 14.1. The molecule has 3 aromatic heterocycles. The lowest BCUT2D eigenvalue weighted by molar-refractivity contribution is 0.0588. The highest BCUT2D eigenvalue weighted by Gasteiger charge is 2.16. The Morgan fingerprint density at radius 2 is 2.09 bits per heavy atom. The van der Waals surface area contributed by atoms with Crippen LogP contribution in [0.15, 0.2) is 36.7 Å². The number of H-pyrrole nitrogens is 1. The smallest absolute Gasteiger partial charge is 0.374 e. The number of fused-ring (bicyclic) bond motifs is 2. The van der Waals surface area contributed by atoms with Crippen LogP contribution in [-0.2, 0) is 4.74 Å². The predicted molar refractivity (Wildman–Crippen MR) is 93.4 cm³/mol. The molecule has 7 nitrogen and oxygen atoms in total. The minimum absolute atomic E-state index is 0.189. The number of carbonyl (C=O) groups is 1. The number of carbonyl (C=O) groups excluding carboxylic acids is 1. The summed E-state index contributed by atoms with van der Waals surface area (Å²) < 4.78 is 6.48. The lowest BCUT2D eigenvalue weighted by Crippen LogP contribution is -2.02. The Morgan fingerprint density at radius 3 is 2.83 bits per heavy atom. The Balaban J connectivity index is 1.98. The van der Waals surface area contributed by atoms with Crippen LogP contribution >= 0.6 is 22.9 Å². The van der Waals surface area contributed by atoms with Gasteiger partial charge in [0.05, 0.1) is 46.5 Å². The van der Waals surface area contributed by atoms with Crippen molar-refractivity contribution < 1.29 is 9.53 Å². The third-order valence-electron chi connectivity index (χ3n) is 3.57. The van der Waals surface area contributed by atoms with Gasteiger partial charge in [-0.2, -0.15) is 5.10 Å². The molecule has 0 aliphatic heterocycles. The standard InChI is InChI=1S/C15H10IN5O2/c1-23-15(22)14-18-10-6-9-12(7-11(10)19-14)21(16)20-13(9)8-2-4-17-5-3-8/h2-7H,1H3,(H,18,19). The molecule has 0 radical (unpaired) electrons. The molecule has 0 bridgehead atoms. The highest BCUT2D eigenvalue weighted by Crippen LogP contribution is 2.31. The van der Waals surface area contributed by atoms with Crippen LogP contribution in [0.3, 0.4) is 0 Å². The van der Waals surface area contributed by atoms with Gasteiger partial charge >= 0.3 is 5.97 Å². The van der Waals surface area contributed by atoms with Gasteiger partial charge in [-0.25, -0.2) is 12.7 Å². The third-order valence-corrected chi connectivity index (χ3v) is 4.31. The Labute approximate surface area is 144 Å². The van der Waals surface area contributed by atoms with Crippen molar-refractivity contribution in [1.29, 1.82) is 0 Å². The zero-order chi connectivity index (χ0) is 16.0. The largest absolute Gasteiger partial charge is 0.463 e. The maximum atomic E-state index is 11.6. The van der Waals surface area contributed by atoms with Crippen molar-refractivity contribution in [2.75, 3.05) is 7.11 Å². The number of ether oxygens (including phenoxy) is 1. The topological polar surface area (TPSA) is 85.7 Å². The van der Waals surface area contributed by atoms with E-state index in [0.29, 0.717) is 5.52 Å². The maximum absolute atomic E-state index is 11.6. The number of imidazole rings is 1. The number of nitrogens with zero attached hydrogens (tertiary/aromatic N) is 4. The van der Waals surface area contributed by atoms with E-state index in [9.17, 15) is 4.79 Å². The summed E-state index contributed by atoms with van der Waals surface area (Å²) >= 11 is 2.13. The number of hydrogen-bond donors (Lipinski definition) is 1. The first-order valence-electron chi connectivity index (χ1n) is 6.75. The molecule has 0 saturated carbocycles. The number of aromatic amines is 1. The van der Waals surface area contributed by atoms with E-state index in [0.717, 1.165) is 27.7 Å². The first-order valence-corrected chi connectivity index (χ1v) is 7.71. The van der Waals surface area contributed by atoms with Gasteiger partial charge in [0.1, 0.15) is 5.69 Å². The second-order valence-electron chi connectivity index (χ2n) is 4.91. The van der Waals surface area contributed by atoms with Crippen LogP contribution in [0.2, 0.25) is 0 Å². The molecule has 0 amide bonds. The number of hydrogen-bond acceptors (Lipinski definition) is 5. The first kappa shape index (κ1) is 14.1. The fraction of sp³-hybridized carbons (Fsp3) is 0.0667. The van der Waals surface area contributed by atoms with Crippen molar-refractivity contribution in [2.24, 2.45) is 0 Å². The van der Waals surface area contributed by atoms with Crippen molar-refractivity contribution in [3.8, 4) is 11.3 Å². The highest BCUT2D eigenvalue weighted by atomic mass is 127. The molecule has 0 spiro atoms. The van der Waals surface area contributed by atoms with Crippen LogP contribution < -0.4 is 0 Å². The van der Waals surface area contributed by atoms with Crippen LogP contribution in [-0.4, -0.2) is 36.0 Å². The van der Waals surface area contributed by atoms with Crippen LogP contribution in [0.25, 0.3) is 33.2 Å². The fourth-order valence-electron chi connectivity index (χ4n) is 2.50. The van der Waals surface area contributed by atoms with Crippen molar-refractivity contribution in [3.63, 3.8) is 0 Å². The second kappa shape index (κ2) is 5.30. The number of methoxy groups -OCH3 is 1. The summed E-state index contributed by atoms with van der Waals surface area (Å²) in [7, 11) is 1.33. The molecule has 0 saturated heterocycles. The van der Waals surface area contributed by atoms with Crippen LogP contribution in [0.4, 0.5) is 0 Å². The molecular weight excluding hydrogens is 409 g/mol. The average molecular weight is 419 g/mol. The summed E-state index contributed by atoms with van der Waals surface area (Å²) in [5.74, 6) is -0.302. The molecule has 23 heavy (non-hydrogen) atoms. The van der Waals surface area contributed by atoms with E-state index in [2.05, 4.69) is 42.9 Å². The van der Waals surface area contributed by atoms with Crippen molar-refractivity contribution in [1.82, 2.24) is 22.9 Å². The average Bonchev–Trinajstić information content (AvgIpc) is 3.14. The van der Waals surface area contributed by atoms with Crippen molar-refractivity contribution in [2.45, 2.75) is 0 Å². The van der Waals surface area contributed by atoms with Crippen molar-refractivity contribution >= 4 is 50.8 Å². The molecule has 0 aliphatic rings. The molecule has 3 heterocycles. The van der Waals surface area contributed by atoms with Gasteiger partial charge < -0.3 is 9.72 Å². The number of halogens is 1. The summed E-state index contributed by atoms with van der Waals surface area (Å²) in [5.41, 5.74) is 4.21. The van der Waals surface area contributed by atoms with Crippen LogP contribution in [0.5, 0.6) is 0 Å². The Bertz CT molecular complexity index is 1040. The molecule has 0 aliphatic carbocycles. The van der Waals surface area contributed by atoms with Crippen molar-refractivity contribution in [3.05, 3.63) is 42.5 Å². The molecule has 4 aromatic rings. The van der Waals surface area contributed by atoms with Crippen LogP contribution in [0.1, 0.15) is 10.6 Å².